The molecule has 0 aliphatic rings. The van der Waals surface area contributed by atoms with Gasteiger partial charge in [-0.2, -0.15) is 0 Å². The van der Waals surface area contributed by atoms with E-state index in [4.69, 9.17) is 0 Å². The number of carbonyl (C=O) groups excluding carboxylic acids is 1. The molecular formula is C18H13N5O. The van der Waals surface area contributed by atoms with Gasteiger partial charge < -0.3 is 4.98 Å². The van der Waals surface area contributed by atoms with E-state index in [-0.39, 0.29) is 5.91 Å². The fourth-order valence-electron chi connectivity index (χ4n) is 2.42. The molecule has 0 unspecified atom stereocenters. The molecule has 0 saturated carbocycles. The Morgan fingerprint density at radius 3 is 2.58 bits per heavy atom. The van der Waals surface area contributed by atoms with Gasteiger partial charge in [-0.05, 0) is 36.4 Å². The van der Waals surface area contributed by atoms with Gasteiger partial charge in [-0.15, -0.1) is 0 Å². The number of nitrogens with zero attached hydrogens (tertiary/aromatic N) is 3. The third kappa shape index (κ3) is 2.72. The van der Waals surface area contributed by atoms with Gasteiger partial charge in [0.05, 0.1) is 22.4 Å². The van der Waals surface area contributed by atoms with Crippen LogP contribution in [0.3, 0.4) is 0 Å². The van der Waals surface area contributed by atoms with Crippen LogP contribution in [-0.2, 0) is 0 Å². The summed E-state index contributed by atoms with van der Waals surface area (Å²) in [5.74, 6) is 0.158. The van der Waals surface area contributed by atoms with E-state index < -0.39 is 0 Å². The summed E-state index contributed by atoms with van der Waals surface area (Å²) in [4.78, 5) is 28.4. The minimum absolute atomic E-state index is 0.256. The van der Waals surface area contributed by atoms with Crippen LogP contribution >= 0.6 is 0 Å². The number of amides is 1. The summed E-state index contributed by atoms with van der Waals surface area (Å²) < 4.78 is 0. The highest BCUT2D eigenvalue weighted by Gasteiger charge is 2.11. The molecule has 0 fully saturated rings. The molecule has 3 aromatic heterocycles. The van der Waals surface area contributed by atoms with Crippen molar-refractivity contribution >= 4 is 22.9 Å². The molecule has 4 aromatic rings. The first-order chi connectivity index (χ1) is 11.8. The molecule has 1 aromatic carbocycles. The van der Waals surface area contributed by atoms with Crippen molar-refractivity contribution in [1.29, 1.82) is 0 Å². The first-order valence-corrected chi connectivity index (χ1v) is 7.43. The Labute approximate surface area is 137 Å². The molecule has 0 bridgehead atoms. The van der Waals surface area contributed by atoms with Crippen LogP contribution in [0.1, 0.15) is 10.4 Å². The van der Waals surface area contributed by atoms with Crippen molar-refractivity contribution in [2.45, 2.75) is 0 Å². The Bertz CT molecular complexity index is 977. The van der Waals surface area contributed by atoms with Gasteiger partial charge in [0.25, 0.3) is 5.91 Å². The summed E-state index contributed by atoms with van der Waals surface area (Å²) >= 11 is 0. The Morgan fingerprint density at radius 1 is 0.917 bits per heavy atom. The predicted molar refractivity (Wildman–Crippen MR) is 91.5 cm³/mol. The number of fused-ring (bicyclic) bond motifs is 1. The zero-order chi connectivity index (χ0) is 16.4. The second kappa shape index (κ2) is 5.92. The van der Waals surface area contributed by atoms with Crippen molar-refractivity contribution in [2.75, 3.05) is 5.32 Å². The molecule has 0 aliphatic heterocycles. The first-order valence-electron chi connectivity index (χ1n) is 7.43. The average Bonchev–Trinajstić information content (AvgIpc) is 3.05. The van der Waals surface area contributed by atoms with Crippen LogP contribution < -0.4 is 5.32 Å². The van der Waals surface area contributed by atoms with Crippen molar-refractivity contribution in [3.05, 3.63) is 72.6 Å². The highest BCUT2D eigenvalue weighted by Crippen LogP contribution is 2.17. The van der Waals surface area contributed by atoms with E-state index in [0.29, 0.717) is 17.2 Å². The van der Waals surface area contributed by atoms with E-state index in [1.165, 1.54) is 0 Å². The minimum Gasteiger partial charge on any atom is -0.324 e. The molecule has 0 radical (unpaired) electrons. The highest BCUT2D eigenvalue weighted by molar-refractivity contribution is 6.04. The normalized spacial score (nSPS) is 10.7. The van der Waals surface area contributed by atoms with Crippen molar-refractivity contribution in [3.63, 3.8) is 0 Å². The van der Waals surface area contributed by atoms with Crippen LogP contribution in [0, 0.1) is 0 Å². The van der Waals surface area contributed by atoms with Crippen molar-refractivity contribution in [1.82, 2.24) is 19.9 Å². The fourth-order valence-corrected chi connectivity index (χ4v) is 2.42. The number of imidazole rings is 1. The first kappa shape index (κ1) is 14.1. The lowest BCUT2D eigenvalue weighted by atomic mass is 10.1. The second-order valence-electron chi connectivity index (χ2n) is 5.20. The van der Waals surface area contributed by atoms with Crippen LogP contribution in [0.5, 0.6) is 0 Å². The molecule has 0 aliphatic carbocycles. The maximum absolute atomic E-state index is 12.5. The number of anilines is 1. The van der Waals surface area contributed by atoms with Gasteiger partial charge in [0.2, 0.25) is 5.95 Å². The van der Waals surface area contributed by atoms with E-state index in [9.17, 15) is 4.79 Å². The molecule has 1 amide bonds. The summed E-state index contributed by atoms with van der Waals surface area (Å²) in [5.41, 5.74) is 3.53. The second-order valence-corrected chi connectivity index (χ2v) is 5.20. The number of benzene rings is 1. The number of aromatic amines is 1. The number of aromatic nitrogens is 4. The molecule has 6 nitrogen and oxygen atoms in total. The van der Waals surface area contributed by atoms with Crippen LogP contribution in [-0.4, -0.2) is 25.8 Å². The van der Waals surface area contributed by atoms with Crippen molar-refractivity contribution < 1.29 is 4.79 Å². The predicted octanol–water partition coefficient (Wildman–Crippen LogP) is 3.27. The van der Waals surface area contributed by atoms with Gasteiger partial charge in [-0.1, -0.05) is 18.2 Å². The van der Waals surface area contributed by atoms with Gasteiger partial charge in [0.15, 0.2) is 0 Å². The summed E-state index contributed by atoms with van der Waals surface area (Å²) in [6.45, 7) is 0. The van der Waals surface area contributed by atoms with Crippen molar-refractivity contribution in [2.24, 2.45) is 0 Å². The number of rotatable bonds is 3. The van der Waals surface area contributed by atoms with Gasteiger partial charge in [0, 0.05) is 18.0 Å². The zero-order valence-corrected chi connectivity index (χ0v) is 12.6. The maximum Gasteiger partial charge on any atom is 0.258 e. The van der Waals surface area contributed by atoms with Crippen LogP contribution in [0.2, 0.25) is 0 Å². The molecule has 0 saturated heterocycles. The molecule has 116 valence electrons. The minimum atomic E-state index is -0.256. The molecule has 3 heterocycles. The quantitative estimate of drug-likeness (QED) is 0.608. The van der Waals surface area contributed by atoms with E-state index in [1.807, 2.05) is 42.5 Å². The van der Waals surface area contributed by atoms with Crippen LogP contribution in [0.4, 0.5) is 5.95 Å². The molecule has 4 rings (SSSR count). The molecular weight excluding hydrogens is 302 g/mol. The van der Waals surface area contributed by atoms with Gasteiger partial charge in [0.1, 0.15) is 0 Å². The van der Waals surface area contributed by atoms with Gasteiger partial charge >= 0.3 is 0 Å². The monoisotopic (exact) mass is 315 g/mol. The summed E-state index contributed by atoms with van der Waals surface area (Å²) in [5, 5.41) is 2.77. The molecule has 6 heteroatoms. The lowest BCUT2D eigenvalue weighted by Gasteiger charge is -2.04. The zero-order valence-electron chi connectivity index (χ0n) is 12.6. The fraction of sp³-hybridized carbons (Fsp3) is 0. The number of para-hydroxylation sites is 2. The van der Waals surface area contributed by atoms with Gasteiger partial charge in [-0.3, -0.25) is 20.1 Å². The van der Waals surface area contributed by atoms with Crippen LogP contribution in [0.15, 0.2) is 67.0 Å². The number of hydrogen-bond donors (Lipinski definition) is 2. The largest absolute Gasteiger partial charge is 0.324 e. The SMILES string of the molecule is O=C(Nc1nc2ccccc2[nH]1)c1ccnc(-c2ccccn2)c1. The smallest absolute Gasteiger partial charge is 0.258 e. The van der Waals surface area contributed by atoms with E-state index >= 15 is 0 Å². The average molecular weight is 315 g/mol. The standard InChI is InChI=1S/C18H13N5O/c24-17(23-18-21-14-6-1-2-7-15(14)22-18)12-8-10-20-16(11-12)13-5-3-4-9-19-13/h1-11H,(H2,21,22,23,24). The maximum atomic E-state index is 12.5. The topological polar surface area (TPSA) is 83.6 Å². The Morgan fingerprint density at radius 2 is 1.75 bits per heavy atom. The molecule has 0 atom stereocenters. The lowest BCUT2D eigenvalue weighted by Crippen LogP contribution is -2.13. The Balaban J connectivity index is 1.60. The van der Waals surface area contributed by atoms with Crippen LogP contribution in [0.25, 0.3) is 22.4 Å². The lowest BCUT2D eigenvalue weighted by molar-refractivity contribution is 0.102. The van der Waals surface area contributed by atoms with Crippen molar-refractivity contribution in [3.8, 4) is 11.4 Å². The summed E-state index contributed by atoms with van der Waals surface area (Å²) in [6.07, 6.45) is 3.29. The summed E-state index contributed by atoms with van der Waals surface area (Å²) in [6, 6.07) is 16.5. The number of carbonyl (C=O) groups is 1. The number of nitrogens with one attached hydrogen (secondary N) is 2. The van der Waals surface area contributed by atoms with E-state index in [1.54, 1.807) is 24.5 Å². The van der Waals surface area contributed by atoms with E-state index in [2.05, 4.69) is 25.3 Å². The molecule has 0 spiro atoms. The van der Waals surface area contributed by atoms with Gasteiger partial charge in [-0.25, -0.2) is 4.98 Å². The molecule has 2 N–H and O–H groups in total. The third-order valence-corrected chi connectivity index (χ3v) is 3.57. The third-order valence-electron chi connectivity index (χ3n) is 3.57. The number of H-pyrrole nitrogens is 1. The highest BCUT2D eigenvalue weighted by atomic mass is 16.1. The molecule has 24 heavy (non-hydrogen) atoms. The summed E-state index contributed by atoms with van der Waals surface area (Å²) in [7, 11) is 0. The Hall–Kier alpha value is -3.54. The van der Waals surface area contributed by atoms with E-state index in [0.717, 1.165) is 16.7 Å². The number of hydrogen-bond acceptors (Lipinski definition) is 4. The Kier molecular flexibility index (Phi) is 3.47. The number of pyridine rings is 2.